The first-order valence-corrected chi connectivity index (χ1v) is 11.6. The lowest BCUT2D eigenvalue weighted by molar-refractivity contribution is 0.360. The molecular formula is C31H35N. The molecule has 0 heterocycles. The molecule has 32 heavy (non-hydrogen) atoms. The Kier molecular flexibility index (Phi) is 5.86. The Morgan fingerprint density at radius 3 is 1.75 bits per heavy atom. The number of benzene rings is 4. The largest absolute Gasteiger partial charge is 0.356 e. The minimum absolute atomic E-state index is 0.0991. The molecule has 1 nitrogen and oxygen atoms in total. The molecule has 164 valence electrons. The van der Waals surface area contributed by atoms with Crippen molar-refractivity contribution >= 4 is 22.1 Å². The van der Waals surface area contributed by atoms with Crippen molar-refractivity contribution in [1.82, 2.24) is 0 Å². The Morgan fingerprint density at radius 2 is 1.16 bits per heavy atom. The van der Waals surface area contributed by atoms with Gasteiger partial charge < -0.3 is 5.32 Å². The summed E-state index contributed by atoms with van der Waals surface area (Å²) in [6, 6.07) is 33.1. The monoisotopic (exact) mass is 421 g/mol. The highest BCUT2D eigenvalue weighted by Crippen LogP contribution is 2.43. The molecule has 0 spiro atoms. The van der Waals surface area contributed by atoms with Crippen LogP contribution in [0, 0.1) is 5.41 Å². The molecule has 0 radical (unpaired) electrons. The highest BCUT2D eigenvalue weighted by atomic mass is 14.9. The van der Waals surface area contributed by atoms with Crippen molar-refractivity contribution in [3.8, 4) is 0 Å². The maximum Gasteiger partial charge on any atom is 0.0384 e. The summed E-state index contributed by atoms with van der Waals surface area (Å²) in [6.07, 6.45) is 0. The SMILES string of the molecule is CC(C)(C)c1ccc(Nc2ccc(C(c3cccc4ccccc34)C(C)(C)C)cc2)cc1. The van der Waals surface area contributed by atoms with Gasteiger partial charge in [0.2, 0.25) is 0 Å². The van der Waals surface area contributed by atoms with E-state index < -0.39 is 0 Å². The van der Waals surface area contributed by atoms with Gasteiger partial charge in [0.15, 0.2) is 0 Å². The highest BCUT2D eigenvalue weighted by Gasteiger charge is 2.29. The molecule has 0 aliphatic heterocycles. The van der Waals surface area contributed by atoms with E-state index in [1.54, 1.807) is 0 Å². The van der Waals surface area contributed by atoms with Crippen LogP contribution in [0.3, 0.4) is 0 Å². The molecule has 0 saturated heterocycles. The summed E-state index contributed by atoms with van der Waals surface area (Å²) in [5.41, 5.74) is 6.60. The van der Waals surface area contributed by atoms with Crippen molar-refractivity contribution in [3.63, 3.8) is 0 Å². The fourth-order valence-electron chi connectivity index (χ4n) is 4.63. The van der Waals surface area contributed by atoms with Crippen LogP contribution in [0.1, 0.15) is 64.2 Å². The van der Waals surface area contributed by atoms with Gasteiger partial charge in [0.25, 0.3) is 0 Å². The summed E-state index contributed by atoms with van der Waals surface area (Å²) in [5.74, 6) is 0.314. The standard InChI is InChI=1S/C31H35N/c1-30(2,3)24-16-20-26(21-17-24)32-25-18-14-23(15-19-25)29(31(4,5)6)28-13-9-11-22-10-7-8-12-27(22)28/h7-21,29,32H,1-6H3. The summed E-state index contributed by atoms with van der Waals surface area (Å²) >= 11 is 0. The molecule has 4 aromatic carbocycles. The molecule has 4 rings (SSSR count). The van der Waals surface area contributed by atoms with E-state index in [1.165, 1.54) is 27.5 Å². The summed E-state index contributed by atoms with van der Waals surface area (Å²) in [5, 5.41) is 6.20. The van der Waals surface area contributed by atoms with E-state index in [1.807, 2.05) is 0 Å². The van der Waals surface area contributed by atoms with E-state index >= 15 is 0 Å². The number of rotatable bonds is 4. The van der Waals surface area contributed by atoms with E-state index in [0.717, 1.165) is 11.4 Å². The Hall–Kier alpha value is -3.06. The van der Waals surface area contributed by atoms with E-state index in [-0.39, 0.29) is 10.8 Å². The van der Waals surface area contributed by atoms with Gasteiger partial charge in [-0.2, -0.15) is 0 Å². The Balaban J connectivity index is 1.63. The van der Waals surface area contributed by atoms with Gasteiger partial charge in [-0.15, -0.1) is 0 Å². The van der Waals surface area contributed by atoms with Crippen molar-refractivity contribution in [2.24, 2.45) is 5.41 Å². The second kappa shape index (κ2) is 8.47. The zero-order valence-electron chi connectivity index (χ0n) is 20.2. The van der Waals surface area contributed by atoms with E-state index in [2.05, 4.69) is 138 Å². The van der Waals surface area contributed by atoms with Crippen molar-refractivity contribution in [2.75, 3.05) is 5.32 Å². The second-order valence-corrected chi connectivity index (χ2v) is 10.9. The lowest BCUT2D eigenvalue weighted by atomic mass is 9.71. The zero-order valence-corrected chi connectivity index (χ0v) is 20.2. The van der Waals surface area contributed by atoms with E-state index in [0.29, 0.717) is 5.92 Å². The molecule has 0 saturated carbocycles. The number of hydrogen-bond acceptors (Lipinski definition) is 1. The predicted octanol–water partition coefficient (Wildman–Crippen LogP) is 9.06. The van der Waals surface area contributed by atoms with E-state index in [4.69, 9.17) is 0 Å². The van der Waals surface area contributed by atoms with Crippen LogP contribution < -0.4 is 5.32 Å². The fourth-order valence-corrected chi connectivity index (χ4v) is 4.63. The van der Waals surface area contributed by atoms with Crippen LogP contribution in [-0.4, -0.2) is 0 Å². The number of hydrogen-bond donors (Lipinski definition) is 1. The van der Waals surface area contributed by atoms with Gasteiger partial charge >= 0.3 is 0 Å². The number of anilines is 2. The lowest BCUT2D eigenvalue weighted by Gasteiger charge is -2.33. The Bertz CT molecular complexity index is 1180. The van der Waals surface area contributed by atoms with Gasteiger partial charge in [-0.1, -0.05) is 108 Å². The molecule has 0 aromatic heterocycles. The minimum atomic E-state index is 0.0991. The molecule has 1 atom stereocenters. The van der Waals surface area contributed by atoms with Crippen molar-refractivity contribution in [3.05, 3.63) is 108 Å². The van der Waals surface area contributed by atoms with Gasteiger partial charge in [-0.05, 0) is 62.6 Å². The topological polar surface area (TPSA) is 12.0 Å². The highest BCUT2D eigenvalue weighted by molar-refractivity contribution is 5.86. The van der Waals surface area contributed by atoms with Gasteiger partial charge in [0.05, 0.1) is 0 Å². The molecule has 1 N–H and O–H groups in total. The zero-order chi connectivity index (χ0) is 22.9. The van der Waals surface area contributed by atoms with Crippen LogP contribution in [0.25, 0.3) is 10.8 Å². The molecule has 0 aliphatic rings. The number of nitrogens with one attached hydrogen (secondary N) is 1. The molecule has 0 aliphatic carbocycles. The predicted molar refractivity (Wildman–Crippen MR) is 140 cm³/mol. The quantitative estimate of drug-likeness (QED) is 0.346. The third-order valence-electron chi connectivity index (χ3n) is 6.28. The lowest BCUT2D eigenvalue weighted by Crippen LogP contribution is -2.20. The summed E-state index contributed by atoms with van der Waals surface area (Å²) < 4.78 is 0. The van der Waals surface area contributed by atoms with Crippen LogP contribution >= 0.6 is 0 Å². The Labute approximate surface area is 193 Å². The molecule has 1 heteroatoms. The van der Waals surface area contributed by atoms with Gasteiger partial charge in [-0.3, -0.25) is 0 Å². The number of fused-ring (bicyclic) bond motifs is 1. The molecule has 0 bridgehead atoms. The van der Waals surface area contributed by atoms with Crippen LogP contribution in [0.5, 0.6) is 0 Å². The van der Waals surface area contributed by atoms with Gasteiger partial charge in [0.1, 0.15) is 0 Å². The summed E-state index contributed by atoms with van der Waals surface area (Å²) in [4.78, 5) is 0. The Morgan fingerprint density at radius 1 is 0.594 bits per heavy atom. The molecular weight excluding hydrogens is 386 g/mol. The van der Waals surface area contributed by atoms with Crippen molar-refractivity contribution in [1.29, 1.82) is 0 Å². The first kappa shape index (κ1) is 22.1. The summed E-state index contributed by atoms with van der Waals surface area (Å²) in [6.45, 7) is 13.7. The molecule has 4 aromatic rings. The fraction of sp³-hybridized carbons (Fsp3) is 0.290. The van der Waals surface area contributed by atoms with Crippen LogP contribution in [0.15, 0.2) is 91.0 Å². The molecule has 0 fully saturated rings. The normalized spacial score (nSPS) is 13.2. The third-order valence-corrected chi connectivity index (χ3v) is 6.28. The first-order valence-electron chi connectivity index (χ1n) is 11.6. The average Bonchev–Trinajstić information content (AvgIpc) is 2.74. The summed E-state index contributed by atoms with van der Waals surface area (Å²) in [7, 11) is 0. The third kappa shape index (κ3) is 4.72. The van der Waals surface area contributed by atoms with Gasteiger partial charge in [-0.25, -0.2) is 0 Å². The minimum Gasteiger partial charge on any atom is -0.356 e. The van der Waals surface area contributed by atoms with Crippen LogP contribution in [-0.2, 0) is 5.41 Å². The van der Waals surface area contributed by atoms with Crippen molar-refractivity contribution in [2.45, 2.75) is 52.9 Å². The van der Waals surface area contributed by atoms with Crippen LogP contribution in [0.4, 0.5) is 11.4 Å². The smallest absolute Gasteiger partial charge is 0.0384 e. The molecule has 0 amide bonds. The van der Waals surface area contributed by atoms with Crippen molar-refractivity contribution < 1.29 is 0 Å². The second-order valence-electron chi connectivity index (χ2n) is 10.9. The first-order chi connectivity index (χ1) is 15.1. The maximum atomic E-state index is 3.56. The maximum absolute atomic E-state index is 3.56. The van der Waals surface area contributed by atoms with Crippen LogP contribution in [0.2, 0.25) is 0 Å². The van der Waals surface area contributed by atoms with Gasteiger partial charge in [0, 0.05) is 17.3 Å². The molecule has 1 unspecified atom stereocenters. The van der Waals surface area contributed by atoms with E-state index in [9.17, 15) is 0 Å². The average molecular weight is 422 g/mol.